The second-order valence-electron chi connectivity index (χ2n) is 3.36. The van der Waals surface area contributed by atoms with E-state index in [0.29, 0.717) is 11.1 Å². The van der Waals surface area contributed by atoms with E-state index in [2.05, 4.69) is 10.3 Å². The molecular weight excluding hydrogens is 206 g/mol. The highest BCUT2D eigenvalue weighted by Crippen LogP contribution is 2.28. The maximum atomic E-state index is 9.75. The van der Waals surface area contributed by atoms with Gasteiger partial charge in [0.25, 0.3) is 0 Å². The van der Waals surface area contributed by atoms with Crippen molar-refractivity contribution in [2.75, 3.05) is 0 Å². The first-order chi connectivity index (χ1) is 7.72. The van der Waals surface area contributed by atoms with Crippen molar-refractivity contribution >= 4 is 6.21 Å². The minimum Gasteiger partial charge on any atom is -0.507 e. The van der Waals surface area contributed by atoms with Crippen LogP contribution in [0.2, 0.25) is 0 Å². The highest BCUT2D eigenvalue weighted by Gasteiger charge is 2.08. The van der Waals surface area contributed by atoms with Gasteiger partial charge < -0.3 is 10.3 Å². The van der Waals surface area contributed by atoms with Crippen LogP contribution < -0.4 is 0 Å². The standard InChI is InChI=1S/C11H11N3O2/c1-14-10(4-5-12-14)9-6-8(7-13-16)2-3-11(9)15/h2-7,15-16H,1H3/b13-7+. The van der Waals surface area contributed by atoms with Crippen molar-refractivity contribution < 1.29 is 10.3 Å². The van der Waals surface area contributed by atoms with Crippen molar-refractivity contribution in [3.05, 3.63) is 36.0 Å². The Morgan fingerprint density at radius 3 is 2.81 bits per heavy atom. The fourth-order valence-corrected chi connectivity index (χ4v) is 1.54. The molecule has 16 heavy (non-hydrogen) atoms. The summed E-state index contributed by atoms with van der Waals surface area (Å²) in [6.45, 7) is 0. The van der Waals surface area contributed by atoms with Crippen molar-refractivity contribution in [2.45, 2.75) is 0 Å². The fourth-order valence-electron chi connectivity index (χ4n) is 1.54. The molecule has 2 rings (SSSR count). The first-order valence-electron chi connectivity index (χ1n) is 4.71. The quantitative estimate of drug-likeness (QED) is 0.456. The Morgan fingerprint density at radius 2 is 2.19 bits per heavy atom. The molecule has 0 aliphatic heterocycles. The van der Waals surface area contributed by atoms with E-state index in [1.165, 1.54) is 6.21 Å². The summed E-state index contributed by atoms with van der Waals surface area (Å²) in [6.07, 6.45) is 2.96. The van der Waals surface area contributed by atoms with E-state index in [-0.39, 0.29) is 5.75 Å². The molecule has 0 unspecified atom stereocenters. The molecule has 0 bridgehead atoms. The van der Waals surface area contributed by atoms with Gasteiger partial charge in [0.05, 0.1) is 11.9 Å². The predicted molar refractivity (Wildman–Crippen MR) is 59.7 cm³/mol. The molecule has 1 aromatic carbocycles. The molecule has 0 atom stereocenters. The van der Waals surface area contributed by atoms with Crippen molar-refractivity contribution in [3.8, 4) is 17.0 Å². The highest BCUT2D eigenvalue weighted by atomic mass is 16.4. The topological polar surface area (TPSA) is 70.6 Å². The molecule has 1 aromatic heterocycles. The average Bonchev–Trinajstić information content (AvgIpc) is 2.68. The van der Waals surface area contributed by atoms with E-state index >= 15 is 0 Å². The van der Waals surface area contributed by atoms with Crippen LogP contribution >= 0.6 is 0 Å². The molecule has 0 saturated carbocycles. The average molecular weight is 217 g/mol. The Hall–Kier alpha value is -2.30. The molecule has 0 aliphatic carbocycles. The van der Waals surface area contributed by atoms with Gasteiger partial charge >= 0.3 is 0 Å². The fraction of sp³-hybridized carbons (Fsp3) is 0.0909. The van der Waals surface area contributed by atoms with E-state index < -0.39 is 0 Å². The van der Waals surface area contributed by atoms with E-state index in [0.717, 1.165) is 5.69 Å². The summed E-state index contributed by atoms with van der Waals surface area (Å²) in [4.78, 5) is 0. The zero-order valence-corrected chi connectivity index (χ0v) is 8.70. The van der Waals surface area contributed by atoms with Crippen molar-refractivity contribution in [1.29, 1.82) is 0 Å². The van der Waals surface area contributed by atoms with Gasteiger partial charge in [0.2, 0.25) is 0 Å². The van der Waals surface area contributed by atoms with Gasteiger partial charge in [-0.3, -0.25) is 4.68 Å². The van der Waals surface area contributed by atoms with Crippen LogP contribution in [0.25, 0.3) is 11.3 Å². The molecule has 0 amide bonds. The van der Waals surface area contributed by atoms with E-state index in [9.17, 15) is 5.11 Å². The lowest BCUT2D eigenvalue weighted by molar-refractivity contribution is 0.322. The number of aryl methyl sites for hydroxylation is 1. The molecule has 5 heteroatoms. The number of nitrogens with zero attached hydrogens (tertiary/aromatic N) is 3. The Morgan fingerprint density at radius 1 is 1.38 bits per heavy atom. The third-order valence-corrected chi connectivity index (χ3v) is 2.32. The molecule has 0 spiro atoms. The van der Waals surface area contributed by atoms with Crippen LogP contribution in [-0.2, 0) is 7.05 Å². The highest BCUT2D eigenvalue weighted by molar-refractivity contribution is 5.83. The zero-order chi connectivity index (χ0) is 11.5. The molecule has 0 saturated heterocycles. The molecule has 0 radical (unpaired) electrons. The van der Waals surface area contributed by atoms with Crippen molar-refractivity contribution in [1.82, 2.24) is 9.78 Å². The van der Waals surface area contributed by atoms with E-state index in [4.69, 9.17) is 5.21 Å². The van der Waals surface area contributed by atoms with Gasteiger partial charge in [-0.2, -0.15) is 5.10 Å². The van der Waals surface area contributed by atoms with Crippen LogP contribution in [-0.4, -0.2) is 26.3 Å². The summed E-state index contributed by atoms with van der Waals surface area (Å²) in [6, 6.07) is 6.75. The van der Waals surface area contributed by atoms with Crippen LogP contribution in [0.15, 0.2) is 35.6 Å². The summed E-state index contributed by atoms with van der Waals surface area (Å²) in [7, 11) is 1.79. The van der Waals surface area contributed by atoms with Crippen molar-refractivity contribution in [2.24, 2.45) is 12.2 Å². The number of hydrogen-bond donors (Lipinski definition) is 2. The van der Waals surface area contributed by atoms with Crippen LogP contribution in [0.3, 0.4) is 0 Å². The number of oxime groups is 1. The normalized spacial score (nSPS) is 11.1. The number of aromatic nitrogens is 2. The van der Waals surface area contributed by atoms with Gasteiger partial charge in [-0.15, -0.1) is 0 Å². The summed E-state index contributed by atoms with van der Waals surface area (Å²) >= 11 is 0. The lowest BCUT2D eigenvalue weighted by atomic mass is 10.1. The summed E-state index contributed by atoms with van der Waals surface area (Å²) in [5.41, 5.74) is 2.15. The number of phenolic OH excluding ortho intramolecular Hbond substituents is 1. The van der Waals surface area contributed by atoms with Gasteiger partial charge in [-0.05, 0) is 29.8 Å². The second-order valence-corrected chi connectivity index (χ2v) is 3.36. The lowest BCUT2D eigenvalue weighted by Gasteiger charge is -2.05. The number of aromatic hydroxyl groups is 1. The van der Waals surface area contributed by atoms with Gasteiger partial charge in [-0.1, -0.05) is 5.16 Å². The van der Waals surface area contributed by atoms with Gasteiger partial charge in [0, 0.05) is 18.8 Å². The third-order valence-electron chi connectivity index (χ3n) is 2.32. The maximum Gasteiger partial charge on any atom is 0.125 e. The van der Waals surface area contributed by atoms with Gasteiger partial charge in [0.15, 0.2) is 0 Å². The maximum absolute atomic E-state index is 9.75. The Balaban J connectivity index is 2.55. The molecule has 0 aliphatic rings. The molecule has 82 valence electrons. The van der Waals surface area contributed by atoms with Crippen LogP contribution in [0.5, 0.6) is 5.75 Å². The summed E-state index contributed by atoms with van der Waals surface area (Å²) in [5, 5.41) is 25.2. The largest absolute Gasteiger partial charge is 0.507 e. The molecule has 2 N–H and O–H groups in total. The van der Waals surface area contributed by atoms with Crippen LogP contribution in [0.1, 0.15) is 5.56 Å². The number of rotatable bonds is 2. The zero-order valence-electron chi connectivity index (χ0n) is 8.70. The van der Waals surface area contributed by atoms with Crippen LogP contribution in [0.4, 0.5) is 0 Å². The third kappa shape index (κ3) is 1.75. The van der Waals surface area contributed by atoms with Crippen LogP contribution in [0, 0.1) is 0 Å². The minimum atomic E-state index is 0.165. The summed E-state index contributed by atoms with van der Waals surface area (Å²) < 4.78 is 1.66. The van der Waals surface area contributed by atoms with Gasteiger partial charge in [-0.25, -0.2) is 0 Å². The minimum absolute atomic E-state index is 0.165. The predicted octanol–water partition coefficient (Wildman–Crippen LogP) is 1.60. The van der Waals surface area contributed by atoms with Crippen molar-refractivity contribution in [3.63, 3.8) is 0 Å². The monoisotopic (exact) mass is 217 g/mol. The molecular formula is C11H11N3O2. The smallest absolute Gasteiger partial charge is 0.125 e. The van der Waals surface area contributed by atoms with Gasteiger partial charge in [0.1, 0.15) is 5.75 Å². The van der Waals surface area contributed by atoms with E-state index in [1.807, 2.05) is 0 Å². The molecule has 5 nitrogen and oxygen atoms in total. The summed E-state index contributed by atoms with van der Waals surface area (Å²) in [5.74, 6) is 0.165. The first kappa shape index (κ1) is 10.2. The SMILES string of the molecule is Cn1nccc1-c1cc(/C=N/O)ccc1O. The molecule has 0 fully saturated rings. The number of hydrogen-bond acceptors (Lipinski definition) is 4. The number of benzene rings is 1. The Kier molecular flexibility index (Phi) is 2.59. The Labute approximate surface area is 92.3 Å². The first-order valence-corrected chi connectivity index (χ1v) is 4.71. The second kappa shape index (κ2) is 4.06. The molecule has 2 aromatic rings. The molecule has 1 heterocycles. The number of phenols is 1. The lowest BCUT2D eigenvalue weighted by Crippen LogP contribution is -1.94. The van der Waals surface area contributed by atoms with E-state index in [1.54, 1.807) is 42.2 Å². The Bertz CT molecular complexity index is 532.